The molecule has 1 saturated heterocycles. The number of nitrogens with zero attached hydrogens (tertiary/aromatic N) is 1. The summed E-state index contributed by atoms with van der Waals surface area (Å²) in [4.78, 5) is 4.81. The third kappa shape index (κ3) is 4.73. The van der Waals surface area contributed by atoms with Gasteiger partial charge in [-0.15, -0.1) is 0 Å². The van der Waals surface area contributed by atoms with E-state index < -0.39 is 0 Å². The van der Waals surface area contributed by atoms with E-state index in [2.05, 4.69) is 10.6 Å². The van der Waals surface area contributed by atoms with E-state index in [-0.39, 0.29) is 11.2 Å². The molecule has 4 rings (SSSR count). The number of nitrogens with one attached hydrogen (secondary N) is 2. The SMILES string of the molecule is Fc1ccccc1C1(CN=C(NCCc2ccco2)NCC2CCOC2)CC1. The molecule has 6 heteroatoms. The van der Waals surface area contributed by atoms with Crippen LogP contribution in [0, 0.1) is 11.7 Å². The predicted octanol–water partition coefficient (Wildman–Crippen LogP) is 3.26. The summed E-state index contributed by atoms with van der Waals surface area (Å²) < 4.78 is 25.1. The Hall–Kier alpha value is -2.34. The molecule has 1 aromatic heterocycles. The summed E-state index contributed by atoms with van der Waals surface area (Å²) in [7, 11) is 0. The van der Waals surface area contributed by atoms with E-state index in [1.165, 1.54) is 0 Å². The van der Waals surface area contributed by atoms with Crippen LogP contribution in [-0.2, 0) is 16.6 Å². The van der Waals surface area contributed by atoms with Crippen molar-refractivity contribution in [2.45, 2.75) is 31.1 Å². The Kier molecular flexibility index (Phi) is 5.95. The van der Waals surface area contributed by atoms with Crippen LogP contribution in [0.2, 0.25) is 0 Å². The van der Waals surface area contributed by atoms with Crippen LogP contribution < -0.4 is 10.6 Å². The molecule has 1 aliphatic heterocycles. The summed E-state index contributed by atoms with van der Waals surface area (Å²) in [6, 6.07) is 11.0. The molecule has 5 nitrogen and oxygen atoms in total. The molecular formula is C22H28FN3O2. The number of aliphatic imine (C=N–C) groups is 1. The van der Waals surface area contributed by atoms with Crippen molar-refractivity contribution in [3.8, 4) is 0 Å². The van der Waals surface area contributed by atoms with E-state index in [1.54, 1.807) is 18.4 Å². The van der Waals surface area contributed by atoms with Crippen molar-refractivity contribution in [2.24, 2.45) is 10.9 Å². The minimum absolute atomic E-state index is 0.126. The minimum atomic E-state index is -0.155. The van der Waals surface area contributed by atoms with E-state index in [4.69, 9.17) is 14.1 Å². The van der Waals surface area contributed by atoms with Gasteiger partial charge in [0.15, 0.2) is 5.96 Å². The Morgan fingerprint density at radius 3 is 2.79 bits per heavy atom. The lowest BCUT2D eigenvalue weighted by Crippen LogP contribution is -2.41. The van der Waals surface area contributed by atoms with Gasteiger partial charge in [-0.1, -0.05) is 18.2 Å². The summed E-state index contributed by atoms with van der Waals surface area (Å²) in [5.41, 5.74) is 0.634. The van der Waals surface area contributed by atoms with Crippen molar-refractivity contribution in [1.29, 1.82) is 0 Å². The zero-order valence-corrected chi connectivity index (χ0v) is 16.1. The van der Waals surface area contributed by atoms with E-state index in [9.17, 15) is 4.39 Å². The van der Waals surface area contributed by atoms with Crippen LogP contribution in [0.4, 0.5) is 4.39 Å². The monoisotopic (exact) mass is 385 g/mol. The highest BCUT2D eigenvalue weighted by molar-refractivity contribution is 5.80. The van der Waals surface area contributed by atoms with E-state index in [1.807, 2.05) is 24.3 Å². The lowest BCUT2D eigenvalue weighted by molar-refractivity contribution is 0.186. The van der Waals surface area contributed by atoms with Crippen LogP contribution in [0.1, 0.15) is 30.6 Å². The molecule has 0 spiro atoms. The average molecular weight is 385 g/mol. The van der Waals surface area contributed by atoms with Crippen molar-refractivity contribution < 1.29 is 13.5 Å². The smallest absolute Gasteiger partial charge is 0.191 e. The zero-order valence-electron chi connectivity index (χ0n) is 16.1. The quantitative estimate of drug-likeness (QED) is 0.541. The minimum Gasteiger partial charge on any atom is -0.469 e. The van der Waals surface area contributed by atoms with Gasteiger partial charge in [-0.05, 0) is 43.0 Å². The van der Waals surface area contributed by atoms with E-state index in [0.717, 1.165) is 69.3 Å². The van der Waals surface area contributed by atoms with Gasteiger partial charge in [0.25, 0.3) is 0 Å². The number of rotatable bonds is 8. The van der Waals surface area contributed by atoms with Crippen LogP contribution in [0.25, 0.3) is 0 Å². The molecular weight excluding hydrogens is 357 g/mol. The van der Waals surface area contributed by atoms with Gasteiger partial charge in [-0.2, -0.15) is 0 Å². The molecule has 2 aromatic rings. The Bertz CT molecular complexity index is 781. The van der Waals surface area contributed by atoms with Crippen molar-refractivity contribution in [1.82, 2.24) is 10.6 Å². The average Bonchev–Trinajstić information content (AvgIpc) is 3.10. The maximum Gasteiger partial charge on any atom is 0.191 e. The van der Waals surface area contributed by atoms with Gasteiger partial charge in [0, 0.05) is 37.5 Å². The number of hydrogen-bond acceptors (Lipinski definition) is 3. The fourth-order valence-corrected chi connectivity index (χ4v) is 3.70. The highest BCUT2D eigenvalue weighted by Gasteiger charge is 2.45. The number of ether oxygens (including phenoxy) is 1. The first kappa shape index (κ1) is 19.0. The molecule has 0 radical (unpaired) electrons. The fraction of sp³-hybridized carbons (Fsp3) is 0.500. The van der Waals surface area contributed by atoms with Crippen LogP contribution in [0.3, 0.4) is 0 Å². The Labute approximate surface area is 165 Å². The summed E-state index contributed by atoms with van der Waals surface area (Å²) in [6.45, 7) is 3.78. The van der Waals surface area contributed by atoms with Crippen molar-refractivity contribution in [3.05, 3.63) is 59.8 Å². The van der Waals surface area contributed by atoms with Gasteiger partial charge in [0.05, 0.1) is 19.4 Å². The molecule has 2 N–H and O–H groups in total. The first-order valence-electron chi connectivity index (χ1n) is 10.1. The molecule has 2 aliphatic rings. The standard InChI is InChI=1S/C22H28FN3O2/c23-20-6-2-1-5-19(20)22(9-10-22)16-26-21(25-14-17-8-13-27-15-17)24-11-7-18-4-3-12-28-18/h1-6,12,17H,7-11,13-16H2,(H2,24,25,26). The normalized spacial score (nSPS) is 20.9. The molecule has 1 aromatic carbocycles. The Morgan fingerprint density at radius 1 is 1.18 bits per heavy atom. The molecule has 1 aliphatic carbocycles. The largest absolute Gasteiger partial charge is 0.469 e. The summed E-state index contributed by atoms with van der Waals surface area (Å²) in [5.74, 6) is 2.11. The van der Waals surface area contributed by atoms with E-state index >= 15 is 0 Å². The fourth-order valence-electron chi connectivity index (χ4n) is 3.70. The van der Waals surface area contributed by atoms with Crippen molar-refractivity contribution in [3.63, 3.8) is 0 Å². The van der Waals surface area contributed by atoms with Crippen molar-refractivity contribution >= 4 is 5.96 Å². The molecule has 150 valence electrons. The highest BCUT2D eigenvalue weighted by Crippen LogP contribution is 2.49. The van der Waals surface area contributed by atoms with Crippen molar-refractivity contribution in [2.75, 3.05) is 32.8 Å². The van der Waals surface area contributed by atoms with Crippen LogP contribution in [-0.4, -0.2) is 38.8 Å². The molecule has 28 heavy (non-hydrogen) atoms. The molecule has 1 atom stereocenters. The predicted molar refractivity (Wildman–Crippen MR) is 107 cm³/mol. The van der Waals surface area contributed by atoms with Gasteiger partial charge in [0.2, 0.25) is 0 Å². The number of halogens is 1. The Balaban J connectivity index is 1.38. The summed E-state index contributed by atoms with van der Waals surface area (Å²) in [6.07, 6.45) is 5.51. The molecule has 0 bridgehead atoms. The van der Waals surface area contributed by atoms with Gasteiger partial charge in [-0.3, -0.25) is 4.99 Å². The third-order valence-corrected chi connectivity index (χ3v) is 5.66. The molecule has 0 amide bonds. The number of guanidine groups is 1. The number of hydrogen-bond donors (Lipinski definition) is 2. The molecule has 2 heterocycles. The Morgan fingerprint density at radius 2 is 2.07 bits per heavy atom. The van der Waals surface area contributed by atoms with Crippen LogP contribution in [0.15, 0.2) is 52.1 Å². The second kappa shape index (κ2) is 8.78. The lowest BCUT2D eigenvalue weighted by atomic mass is 9.95. The zero-order chi connectivity index (χ0) is 19.2. The van der Waals surface area contributed by atoms with E-state index in [0.29, 0.717) is 12.5 Å². The molecule has 1 unspecified atom stereocenters. The summed E-state index contributed by atoms with van der Waals surface area (Å²) in [5, 5.41) is 6.84. The maximum atomic E-state index is 14.3. The summed E-state index contributed by atoms with van der Waals surface area (Å²) >= 11 is 0. The maximum absolute atomic E-state index is 14.3. The van der Waals surface area contributed by atoms with Gasteiger partial charge < -0.3 is 19.8 Å². The topological polar surface area (TPSA) is 58.8 Å². The third-order valence-electron chi connectivity index (χ3n) is 5.66. The highest BCUT2D eigenvalue weighted by atomic mass is 19.1. The molecule has 1 saturated carbocycles. The first-order valence-corrected chi connectivity index (χ1v) is 10.1. The van der Waals surface area contributed by atoms with Gasteiger partial charge >= 0.3 is 0 Å². The number of furan rings is 1. The molecule has 2 fully saturated rings. The van der Waals surface area contributed by atoms with Gasteiger partial charge in [0.1, 0.15) is 11.6 Å². The lowest BCUT2D eigenvalue weighted by Gasteiger charge is -2.18. The second-order valence-corrected chi connectivity index (χ2v) is 7.79. The van der Waals surface area contributed by atoms with Gasteiger partial charge in [-0.25, -0.2) is 4.39 Å². The van der Waals surface area contributed by atoms with Crippen LogP contribution >= 0.6 is 0 Å². The first-order chi connectivity index (χ1) is 13.8. The second-order valence-electron chi connectivity index (χ2n) is 7.79. The number of benzene rings is 1. The van der Waals surface area contributed by atoms with Crippen LogP contribution in [0.5, 0.6) is 0 Å².